The number of nitrogens with zero attached hydrogens (tertiary/aromatic N) is 3. The standard InChI is InChI=1S/C20H19ClN4O3/c1-2-27-18-9-13(16-10-19(26)24-20-22-12-23-25(16)20)7-8-17(18)28-11-14-5-3-4-6-15(14)21/h3-9,12,16H,2,10-11H2,1H3,(H,22,23,24,26)/t16-/m1/s1. The van der Waals surface area contributed by atoms with Gasteiger partial charge in [0.15, 0.2) is 11.5 Å². The molecule has 0 fully saturated rings. The van der Waals surface area contributed by atoms with E-state index in [4.69, 9.17) is 21.1 Å². The second kappa shape index (κ2) is 7.90. The zero-order valence-electron chi connectivity index (χ0n) is 15.3. The van der Waals surface area contributed by atoms with Gasteiger partial charge in [-0.1, -0.05) is 35.9 Å². The topological polar surface area (TPSA) is 78.3 Å². The third-order valence-electron chi connectivity index (χ3n) is 4.49. The van der Waals surface area contributed by atoms with Gasteiger partial charge in [0.1, 0.15) is 12.9 Å². The molecule has 0 bridgehead atoms. The lowest BCUT2D eigenvalue weighted by Gasteiger charge is -2.24. The second-order valence-electron chi connectivity index (χ2n) is 6.32. The predicted molar refractivity (Wildman–Crippen MR) is 105 cm³/mol. The van der Waals surface area contributed by atoms with Crippen molar-refractivity contribution in [2.45, 2.75) is 26.0 Å². The van der Waals surface area contributed by atoms with E-state index in [-0.39, 0.29) is 18.4 Å². The van der Waals surface area contributed by atoms with Crippen molar-refractivity contribution in [1.29, 1.82) is 0 Å². The van der Waals surface area contributed by atoms with Gasteiger partial charge in [0, 0.05) is 10.6 Å². The number of carbonyl (C=O) groups is 1. The van der Waals surface area contributed by atoms with Gasteiger partial charge in [0.25, 0.3) is 0 Å². The van der Waals surface area contributed by atoms with Gasteiger partial charge in [-0.3, -0.25) is 10.1 Å². The second-order valence-corrected chi connectivity index (χ2v) is 6.72. The molecule has 2 heterocycles. The van der Waals surface area contributed by atoms with Crippen LogP contribution in [0, 0.1) is 0 Å². The summed E-state index contributed by atoms with van der Waals surface area (Å²) >= 11 is 6.20. The van der Waals surface area contributed by atoms with E-state index in [0.29, 0.717) is 35.7 Å². The first-order valence-corrected chi connectivity index (χ1v) is 9.36. The van der Waals surface area contributed by atoms with Crippen LogP contribution in [0.1, 0.15) is 30.5 Å². The monoisotopic (exact) mass is 398 g/mol. The Morgan fingerprint density at radius 3 is 2.89 bits per heavy atom. The lowest BCUT2D eigenvalue weighted by molar-refractivity contribution is -0.117. The summed E-state index contributed by atoms with van der Waals surface area (Å²) < 4.78 is 13.4. The fourth-order valence-electron chi connectivity index (χ4n) is 3.15. The highest BCUT2D eigenvalue weighted by Gasteiger charge is 2.28. The Balaban J connectivity index is 1.61. The van der Waals surface area contributed by atoms with Crippen LogP contribution in [0.5, 0.6) is 11.5 Å². The van der Waals surface area contributed by atoms with Crippen molar-refractivity contribution in [2.75, 3.05) is 11.9 Å². The van der Waals surface area contributed by atoms with Crippen LogP contribution in [0.15, 0.2) is 48.8 Å². The Kier molecular flexibility index (Phi) is 5.16. The maximum Gasteiger partial charge on any atom is 0.229 e. The molecule has 2 aromatic carbocycles. The molecule has 1 atom stereocenters. The Hall–Kier alpha value is -3.06. The lowest BCUT2D eigenvalue weighted by Crippen LogP contribution is -2.29. The first-order valence-electron chi connectivity index (χ1n) is 8.98. The summed E-state index contributed by atoms with van der Waals surface area (Å²) in [7, 11) is 0. The number of hydrogen-bond acceptors (Lipinski definition) is 5. The summed E-state index contributed by atoms with van der Waals surface area (Å²) in [5.74, 6) is 1.57. The van der Waals surface area contributed by atoms with Crippen LogP contribution in [-0.2, 0) is 11.4 Å². The minimum absolute atomic E-state index is 0.0949. The largest absolute Gasteiger partial charge is 0.490 e. The number of amides is 1. The number of halogens is 1. The van der Waals surface area contributed by atoms with Crippen LogP contribution in [0.3, 0.4) is 0 Å². The van der Waals surface area contributed by atoms with Crippen molar-refractivity contribution in [3.63, 3.8) is 0 Å². The highest BCUT2D eigenvalue weighted by molar-refractivity contribution is 6.31. The summed E-state index contributed by atoms with van der Waals surface area (Å²) in [6.07, 6.45) is 1.71. The third-order valence-corrected chi connectivity index (χ3v) is 4.86. The molecule has 1 aliphatic heterocycles. The molecule has 0 unspecified atom stereocenters. The molecule has 1 aliphatic rings. The van der Waals surface area contributed by atoms with Crippen molar-refractivity contribution in [3.05, 3.63) is 64.9 Å². The molecule has 0 spiro atoms. The van der Waals surface area contributed by atoms with E-state index in [9.17, 15) is 4.79 Å². The van der Waals surface area contributed by atoms with Crippen molar-refractivity contribution in [1.82, 2.24) is 14.8 Å². The van der Waals surface area contributed by atoms with Crippen LogP contribution >= 0.6 is 11.6 Å². The number of hydrogen-bond donors (Lipinski definition) is 1. The van der Waals surface area contributed by atoms with E-state index in [1.165, 1.54) is 6.33 Å². The number of nitrogens with one attached hydrogen (secondary N) is 1. The quantitative estimate of drug-likeness (QED) is 0.682. The molecule has 0 aliphatic carbocycles. The molecular formula is C20H19ClN4O3. The van der Waals surface area contributed by atoms with Crippen molar-refractivity contribution < 1.29 is 14.3 Å². The van der Waals surface area contributed by atoms with Crippen LogP contribution in [0.25, 0.3) is 0 Å². The average Bonchev–Trinajstić information content (AvgIpc) is 3.16. The summed E-state index contributed by atoms with van der Waals surface area (Å²) in [4.78, 5) is 16.1. The van der Waals surface area contributed by atoms with Gasteiger partial charge < -0.3 is 9.47 Å². The molecule has 1 amide bonds. The van der Waals surface area contributed by atoms with Crippen LogP contribution in [-0.4, -0.2) is 27.3 Å². The Bertz CT molecular complexity index is 1000. The first kappa shape index (κ1) is 18.3. The molecule has 7 nitrogen and oxygen atoms in total. The summed E-state index contributed by atoms with van der Waals surface area (Å²) in [6, 6.07) is 13.0. The molecule has 8 heteroatoms. The third kappa shape index (κ3) is 3.66. The van der Waals surface area contributed by atoms with Crippen molar-refractivity contribution >= 4 is 23.5 Å². The number of aromatic nitrogens is 3. The number of fused-ring (bicyclic) bond motifs is 1. The smallest absolute Gasteiger partial charge is 0.229 e. The van der Waals surface area contributed by atoms with E-state index in [0.717, 1.165) is 11.1 Å². The number of anilines is 1. The normalized spacial score (nSPS) is 15.6. The highest BCUT2D eigenvalue weighted by atomic mass is 35.5. The Morgan fingerprint density at radius 1 is 1.21 bits per heavy atom. The molecule has 0 radical (unpaired) electrons. The van der Waals surface area contributed by atoms with E-state index >= 15 is 0 Å². The van der Waals surface area contributed by atoms with Gasteiger partial charge in [0.05, 0.1) is 19.1 Å². The molecular weight excluding hydrogens is 380 g/mol. The number of carbonyl (C=O) groups excluding carboxylic acids is 1. The highest BCUT2D eigenvalue weighted by Crippen LogP contribution is 2.35. The molecule has 0 saturated carbocycles. The van der Waals surface area contributed by atoms with Gasteiger partial charge >= 0.3 is 0 Å². The van der Waals surface area contributed by atoms with E-state index in [1.54, 1.807) is 4.68 Å². The number of rotatable bonds is 6. The zero-order valence-corrected chi connectivity index (χ0v) is 16.0. The van der Waals surface area contributed by atoms with Gasteiger partial charge in [-0.05, 0) is 30.7 Å². The minimum Gasteiger partial charge on any atom is -0.490 e. The van der Waals surface area contributed by atoms with E-state index < -0.39 is 0 Å². The Morgan fingerprint density at radius 2 is 2.07 bits per heavy atom. The zero-order chi connectivity index (χ0) is 19.5. The van der Waals surface area contributed by atoms with E-state index in [1.807, 2.05) is 49.4 Å². The van der Waals surface area contributed by atoms with Crippen LogP contribution < -0.4 is 14.8 Å². The minimum atomic E-state index is -0.247. The van der Waals surface area contributed by atoms with Gasteiger partial charge in [-0.25, -0.2) is 4.68 Å². The van der Waals surface area contributed by atoms with Crippen LogP contribution in [0.2, 0.25) is 5.02 Å². The fourth-order valence-corrected chi connectivity index (χ4v) is 3.35. The van der Waals surface area contributed by atoms with Crippen LogP contribution in [0.4, 0.5) is 5.95 Å². The number of benzene rings is 2. The maximum atomic E-state index is 12.0. The van der Waals surface area contributed by atoms with Gasteiger partial charge in [0.2, 0.25) is 11.9 Å². The lowest BCUT2D eigenvalue weighted by atomic mass is 10.0. The molecule has 1 N–H and O–H groups in total. The molecule has 144 valence electrons. The summed E-state index contributed by atoms with van der Waals surface area (Å²) in [6.45, 7) is 2.73. The molecule has 3 aromatic rings. The molecule has 28 heavy (non-hydrogen) atoms. The maximum absolute atomic E-state index is 12.0. The average molecular weight is 399 g/mol. The Labute approximate surface area is 167 Å². The number of ether oxygens (including phenoxy) is 2. The van der Waals surface area contributed by atoms with Crippen molar-refractivity contribution in [2.24, 2.45) is 0 Å². The fraction of sp³-hybridized carbons (Fsp3) is 0.250. The summed E-state index contributed by atoms with van der Waals surface area (Å²) in [5, 5.41) is 7.61. The van der Waals surface area contributed by atoms with Gasteiger partial charge in [-0.2, -0.15) is 10.1 Å². The summed E-state index contributed by atoms with van der Waals surface area (Å²) in [5.41, 5.74) is 1.79. The first-order chi connectivity index (χ1) is 13.7. The van der Waals surface area contributed by atoms with Crippen molar-refractivity contribution in [3.8, 4) is 11.5 Å². The molecule has 0 saturated heterocycles. The SMILES string of the molecule is CCOc1cc([C@H]2CC(=O)Nc3ncnn32)ccc1OCc1ccccc1Cl. The van der Waals surface area contributed by atoms with Gasteiger partial charge in [-0.15, -0.1) is 0 Å². The van der Waals surface area contributed by atoms with E-state index in [2.05, 4.69) is 15.4 Å². The predicted octanol–water partition coefficient (Wildman–Crippen LogP) is 3.84. The molecule has 1 aromatic heterocycles. The molecule has 4 rings (SSSR count).